The molecule has 1 amide bonds. The maximum atomic E-state index is 12.3. The minimum atomic E-state index is -1.21. The number of carbonyl (C=O) groups excluding carboxylic acids is 1. The fourth-order valence-corrected chi connectivity index (χ4v) is 2.07. The number of rotatable bonds is 8. The SMILES string of the molecule is CCC(CC)(NC(=O)c1cccn1CCOC)C(=O)O. The highest BCUT2D eigenvalue weighted by atomic mass is 16.5. The molecule has 1 aromatic rings. The summed E-state index contributed by atoms with van der Waals surface area (Å²) in [5, 5.41) is 12.0. The molecule has 6 heteroatoms. The first-order chi connectivity index (χ1) is 9.50. The predicted octanol–water partition coefficient (Wildman–Crippen LogP) is 1.51. The third-order valence-corrected chi connectivity index (χ3v) is 3.57. The maximum Gasteiger partial charge on any atom is 0.329 e. The summed E-state index contributed by atoms with van der Waals surface area (Å²) in [6, 6.07) is 3.42. The average Bonchev–Trinajstić information content (AvgIpc) is 2.90. The van der Waals surface area contributed by atoms with Crippen LogP contribution in [0.15, 0.2) is 18.3 Å². The first-order valence-electron chi connectivity index (χ1n) is 6.70. The highest BCUT2D eigenvalue weighted by molar-refractivity contribution is 5.96. The van der Waals surface area contributed by atoms with Gasteiger partial charge in [-0.2, -0.15) is 0 Å². The molecule has 0 unspecified atom stereocenters. The van der Waals surface area contributed by atoms with Gasteiger partial charge in [-0.25, -0.2) is 4.79 Å². The van der Waals surface area contributed by atoms with E-state index in [1.807, 2.05) is 0 Å². The number of hydrogen-bond acceptors (Lipinski definition) is 3. The van der Waals surface area contributed by atoms with E-state index in [2.05, 4.69) is 5.32 Å². The predicted molar refractivity (Wildman–Crippen MR) is 74.7 cm³/mol. The van der Waals surface area contributed by atoms with Crippen LogP contribution in [0.4, 0.5) is 0 Å². The Morgan fingerprint density at radius 2 is 2.05 bits per heavy atom. The zero-order valence-corrected chi connectivity index (χ0v) is 12.2. The fourth-order valence-electron chi connectivity index (χ4n) is 2.07. The van der Waals surface area contributed by atoms with Gasteiger partial charge in [0, 0.05) is 19.9 Å². The molecular weight excluding hydrogens is 260 g/mol. The molecule has 112 valence electrons. The second kappa shape index (κ2) is 7.09. The van der Waals surface area contributed by atoms with Gasteiger partial charge in [-0.3, -0.25) is 4.79 Å². The van der Waals surface area contributed by atoms with Crippen LogP contribution in [0.3, 0.4) is 0 Å². The zero-order valence-electron chi connectivity index (χ0n) is 12.2. The molecule has 0 fully saturated rings. The number of carboxylic acids is 1. The largest absolute Gasteiger partial charge is 0.480 e. The summed E-state index contributed by atoms with van der Waals surface area (Å²) in [4.78, 5) is 23.7. The molecule has 0 radical (unpaired) electrons. The van der Waals surface area contributed by atoms with Crippen LogP contribution in [-0.4, -0.2) is 40.8 Å². The van der Waals surface area contributed by atoms with Crippen molar-refractivity contribution in [2.75, 3.05) is 13.7 Å². The Kier molecular flexibility index (Phi) is 5.76. The van der Waals surface area contributed by atoms with Gasteiger partial charge in [-0.15, -0.1) is 0 Å². The van der Waals surface area contributed by atoms with Gasteiger partial charge >= 0.3 is 5.97 Å². The van der Waals surface area contributed by atoms with Crippen LogP contribution >= 0.6 is 0 Å². The molecule has 0 aromatic carbocycles. The minimum Gasteiger partial charge on any atom is -0.480 e. The standard InChI is InChI=1S/C14H22N2O4/c1-4-14(5-2,13(18)19)15-12(17)11-7-6-8-16(11)9-10-20-3/h6-8H,4-5,9-10H2,1-3H3,(H,15,17)(H,18,19). The topological polar surface area (TPSA) is 80.6 Å². The lowest BCUT2D eigenvalue weighted by Crippen LogP contribution is -2.54. The van der Waals surface area contributed by atoms with E-state index >= 15 is 0 Å². The van der Waals surface area contributed by atoms with Crippen molar-refractivity contribution in [2.45, 2.75) is 38.8 Å². The van der Waals surface area contributed by atoms with Gasteiger partial charge in [0.05, 0.1) is 6.61 Å². The van der Waals surface area contributed by atoms with Crippen molar-refractivity contribution < 1.29 is 19.4 Å². The van der Waals surface area contributed by atoms with Crippen molar-refractivity contribution in [3.8, 4) is 0 Å². The lowest BCUT2D eigenvalue weighted by Gasteiger charge is -2.28. The van der Waals surface area contributed by atoms with E-state index in [0.717, 1.165) is 0 Å². The number of methoxy groups -OCH3 is 1. The van der Waals surface area contributed by atoms with Crippen molar-refractivity contribution in [3.63, 3.8) is 0 Å². The Morgan fingerprint density at radius 1 is 1.40 bits per heavy atom. The molecular formula is C14H22N2O4. The average molecular weight is 282 g/mol. The van der Waals surface area contributed by atoms with E-state index in [-0.39, 0.29) is 5.91 Å². The van der Waals surface area contributed by atoms with Crippen LogP contribution < -0.4 is 5.32 Å². The normalized spacial score (nSPS) is 11.3. The number of carbonyl (C=O) groups is 2. The molecule has 0 aliphatic carbocycles. The number of carboxylic acid groups (broad SMARTS) is 1. The Bertz CT molecular complexity index is 463. The van der Waals surface area contributed by atoms with Crippen molar-refractivity contribution in [1.82, 2.24) is 9.88 Å². The van der Waals surface area contributed by atoms with Crippen molar-refractivity contribution in [3.05, 3.63) is 24.0 Å². The molecule has 1 aromatic heterocycles. The molecule has 2 N–H and O–H groups in total. The van der Waals surface area contributed by atoms with E-state index in [1.54, 1.807) is 43.9 Å². The van der Waals surface area contributed by atoms with Crippen LogP contribution in [0.5, 0.6) is 0 Å². The summed E-state index contributed by atoms with van der Waals surface area (Å²) >= 11 is 0. The van der Waals surface area contributed by atoms with Gasteiger partial charge in [0.15, 0.2) is 0 Å². The van der Waals surface area contributed by atoms with E-state index in [9.17, 15) is 14.7 Å². The summed E-state index contributed by atoms with van der Waals surface area (Å²) in [5.41, 5.74) is -0.775. The second-order valence-corrected chi connectivity index (χ2v) is 4.63. The lowest BCUT2D eigenvalue weighted by atomic mass is 9.93. The number of amides is 1. The number of aliphatic carboxylic acids is 1. The molecule has 0 aliphatic heterocycles. The van der Waals surface area contributed by atoms with Crippen LogP contribution in [0, 0.1) is 0 Å². The summed E-state index contributed by atoms with van der Waals surface area (Å²) < 4.78 is 6.73. The monoisotopic (exact) mass is 282 g/mol. The highest BCUT2D eigenvalue weighted by Gasteiger charge is 2.37. The molecule has 20 heavy (non-hydrogen) atoms. The lowest BCUT2D eigenvalue weighted by molar-refractivity contribution is -0.144. The number of nitrogens with one attached hydrogen (secondary N) is 1. The molecule has 1 rings (SSSR count). The Labute approximate surface area is 118 Å². The van der Waals surface area contributed by atoms with E-state index in [1.165, 1.54) is 0 Å². The Hall–Kier alpha value is -1.82. The van der Waals surface area contributed by atoms with Crippen molar-refractivity contribution in [1.29, 1.82) is 0 Å². The summed E-state index contributed by atoms with van der Waals surface area (Å²) in [5.74, 6) is -1.39. The van der Waals surface area contributed by atoms with Gasteiger partial charge in [0.2, 0.25) is 0 Å². The van der Waals surface area contributed by atoms with Gasteiger partial charge in [-0.1, -0.05) is 13.8 Å². The maximum absolute atomic E-state index is 12.3. The third kappa shape index (κ3) is 3.39. The molecule has 0 saturated carbocycles. The summed E-state index contributed by atoms with van der Waals surface area (Å²) in [6.45, 7) is 4.54. The number of nitrogens with zero attached hydrogens (tertiary/aromatic N) is 1. The van der Waals surface area contributed by atoms with Gasteiger partial charge < -0.3 is 19.7 Å². The number of ether oxygens (including phenoxy) is 1. The molecule has 6 nitrogen and oxygen atoms in total. The summed E-state index contributed by atoms with van der Waals surface area (Å²) in [7, 11) is 1.59. The van der Waals surface area contributed by atoms with Crippen LogP contribution in [0.1, 0.15) is 37.2 Å². The highest BCUT2D eigenvalue weighted by Crippen LogP contribution is 2.17. The van der Waals surface area contributed by atoms with Crippen LogP contribution in [0.25, 0.3) is 0 Å². The van der Waals surface area contributed by atoms with E-state index in [4.69, 9.17) is 4.74 Å². The number of hydrogen-bond donors (Lipinski definition) is 2. The number of aromatic nitrogens is 1. The summed E-state index contributed by atoms with van der Waals surface area (Å²) in [6.07, 6.45) is 2.45. The smallest absolute Gasteiger partial charge is 0.329 e. The molecule has 0 spiro atoms. The van der Waals surface area contributed by atoms with Gasteiger partial charge in [0.25, 0.3) is 5.91 Å². The minimum absolute atomic E-state index is 0.337. The third-order valence-electron chi connectivity index (χ3n) is 3.57. The Balaban J connectivity index is 2.90. The molecule has 1 heterocycles. The van der Waals surface area contributed by atoms with E-state index < -0.39 is 11.5 Å². The van der Waals surface area contributed by atoms with Gasteiger partial charge in [0.1, 0.15) is 11.2 Å². The molecule has 0 saturated heterocycles. The first kappa shape index (κ1) is 16.2. The van der Waals surface area contributed by atoms with Gasteiger partial charge in [-0.05, 0) is 25.0 Å². The molecule has 0 atom stereocenters. The quantitative estimate of drug-likeness (QED) is 0.757. The Morgan fingerprint density at radius 3 is 2.55 bits per heavy atom. The van der Waals surface area contributed by atoms with Crippen LogP contribution in [-0.2, 0) is 16.1 Å². The molecule has 0 aliphatic rings. The zero-order chi connectivity index (χ0) is 15.2. The first-order valence-corrected chi connectivity index (χ1v) is 6.70. The van der Waals surface area contributed by atoms with Crippen molar-refractivity contribution in [2.24, 2.45) is 0 Å². The molecule has 0 bridgehead atoms. The van der Waals surface area contributed by atoms with Crippen molar-refractivity contribution >= 4 is 11.9 Å². The van der Waals surface area contributed by atoms with Crippen LogP contribution in [0.2, 0.25) is 0 Å². The fraction of sp³-hybridized carbons (Fsp3) is 0.571. The van der Waals surface area contributed by atoms with E-state index in [0.29, 0.717) is 31.7 Å². The second-order valence-electron chi connectivity index (χ2n) is 4.63.